The fourth-order valence-electron chi connectivity index (χ4n) is 3.72. The minimum Gasteiger partial charge on any atom is -0.353 e. The first-order valence-corrected chi connectivity index (χ1v) is 11.6. The van der Waals surface area contributed by atoms with Crippen LogP contribution < -0.4 is 10.6 Å². The number of piperazine rings is 1. The van der Waals surface area contributed by atoms with E-state index in [-0.39, 0.29) is 6.04 Å². The smallest absolute Gasteiger partial charge is 0.226 e. The molecule has 0 bridgehead atoms. The minimum absolute atomic E-state index is 0.219. The van der Waals surface area contributed by atoms with E-state index < -0.39 is 0 Å². The van der Waals surface area contributed by atoms with Crippen molar-refractivity contribution >= 4 is 44.5 Å². The number of halogens is 1. The van der Waals surface area contributed by atoms with Crippen molar-refractivity contribution in [1.29, 1.82) is 5.26 Å². The summed E-state index contributed by atoms with van der Waals surface area (Å²) in [5, 5.41) is 16.0. The molecule has 2 aromatic heterocycles. The molecule has 1 aliphatic rings. The van der Waals surface area contributed by atoms with Gasteiger partial charge in [-0.1, -0.05) is 15.9 Å². The summed E-state index contributed by atoms with van der Waals surface area (Å²) in [4.78, 5) is 18.8. The van der Waals surface area contributed by atoms with Crippen LogP contribution in [0.4, 0.5) is 17.5 Å². The molecule has 32 heavy (non-hydrogen) atoms. The van der Waals surface area contributed by atoms with E-state index in [2.05, 4.69) is 68.3 Å². The molecule has 10 heteroatoms. The highest BCUT2D eigenvalue weighted by Crippen LogP contribution is 2.28. The summed E-state index contributed by atoms with van der Waals surface area (Å²) in [5.74, 6) is 1.17. The Morgan fingerprint density at radius 2 is 1.94 bits per heavy atom. The average Bonchev–Trinajstić information content (AvgIpc) is 3.19. The van der Waals surface area contributed by atoms with Crippen LogP contribution in [0.2, 0.25) is 0 Å². The second-order valence-corrected chi connectivity index (χ2v) is 9.27. The number of likely N-dealkylation sites (N-methyl/N-ethyl adjacent to an activating group) is 1. The maximum absolute atomic E-state index is 9.30. The SMILES string of the molecule is CC(C)n1cnc2c(Nc3cc(Br)cc(C#N)c3)nc(NCCN3CCN(C)CC3)nc21. The van der Waals surface area contributed by atoms with Crippen molar-refractivity contribution in [2.45, 2.75) is 19.9 Å². The first-order chi connectivity index (χ1) is 15.4. The highest BCUT2D eigenvalue weighted by molar-refractivity contribution is 9.10. The predicted octanol–water partition coefficient (Wildman–Crippen LogP) is 3.44. The summed E-state index contributed by atoms with van der Waals surface area (Å²) in [6.07, 6.45) is 1.80. The van der Waals surface area contributed by atoms with Gasteiger partial charge < -0.3 is 20.1 Å². The molecule has 0 aliphatic carbocycles. The van der Waals surface area contributed by atoms with Gasteiger partial charge >= 0.3 is 0 Å². The van der Waals surface area contributed by atoms with E-state index in [1.807, 2.05) is 10.6 Å². The number of anilines is 3. The topological polar surface area (TPSA) is 97.9 Å². The molecule has 0 unspecified atom stereocenters. The largest absolute Gasteiger partial charge is 0.353 e. The molecular formula is C22H28BrN9. The van der Waals surface area contributed by atoms with E-state index in [1.165, 1.54) is 0 Å². The molecule has 4 rings (SSSR count). The molecule has 0 atom stereocenters. The molecule has 2 N–H and O–H groups in total. The van der Waals surface area contributed by atoms with E-state index in [0.29, 0.717) is 22.8 Å². The van der Waals surface area contributed by atoms with Gasteiger partial charge in [0.05, 0.1) is 18.0 Å². The molecular weight excluding hydrogens is 470 g/mol. The number of aromatic nitrogens is 4. The summed E-state index contributed by atoms with van der Waals surface area (Å²) in [6, 6.07) is 7.88. The molecule has 1 fully saturated rings. The number of hydrogen-bond acceptors (Lipinski definition) is 8. The lowest BCUT2D eigenvalue weighted by atomic mass is 10.2. The van der Waals surface area contributed by atoms with Gasteiger partial charge in [0, 0.05) is 55.5 Å². The Kier molecular flexibility index (Phi) is 6.89. The van der Waals surface area contributed by atoms with E-state index in [4.69, 9.17) is 9.97 Å². The lowest BCUT2D eigenvalue weighted by Crippen LogP contribution is -2.45. The lowest BCUT2D eigenvalue weighted by Gasteiger charge is -2.32. The fourth-order valence-corrected chi connectivity index (χ4v) is 4.21. The number of nitrogens with zero attached hydrogens (tertiary/aromatic N) is 7. The molecule has 1 aromatic carbocycles. The van der Waals surface area contributed by atoms with E-state index in [1.54, 1.807) is 18.5 Å². The number of benzene rings is 1. The second kappa shape index (κ2) is 9.81. The van der Waals surface area contributed by atoms with Crippen molar-refractivity contribution in [2.24, 2.45) is 0 Å². The number of imidazole rings is 1. The summed E-state index contributed by atoms with van der Waals surface area (Å²) >= 11 is 3.47. The Morgan fingerprint density at radius 1 is 1.16 bits per heavy atom. The van der Waals surface area contributed by atoms with Crippen molar-refractivity contribution in [1.82, 2.24) is 29.3 Å². The van der Waals surface area contributed by atoms with Crippen LogP contribution in [0, 0.1) is 11.3 Å². The summed E-state index contributed by atoms with van der Waals surface area (Å²) in [7, 11) is 2.16. The van der Waals surface area contributed by atoms with Gasteiger partial charge in [-0.2, -0.15) is 15.2 Å². The van der Waals surface area contributed by atoms with Crippen molar-refractivity contribution in [3.05, 3.63) is 34.6 Å². The van der Waals surface area contributed by atoms with Crippen LogP contribution >= 0.6 is 15.9 Å². The average molecular weight is 498 g/mol. The second-order valence-electron chi connectivity index (χ2n) is 8.35. The zero-order valence-corrected chi connectivity index (χ0v) is 20.2. The first kappa shape index (κ1) is 22.5. The number of nitriles is 1. The van der Waals surface area contributed by atoms with Gasteiger partial charge in [0.25, 0.3) is 0 Å². The highest BCUT2D eigenvalue weighted by atomic mass is 79.9. The Balaban J connectivity index is 1.58. The summed E-state index contributed by atoms with van der Waals surface area (Å²) < 4.78 is 2.86. The quantitative estimate of drug-likeness (QED) is 0.512. The third-order valence-corrected chi connectivity index (χ3v) is 6.03. The van der Waals surface area contributed by atoms with Crippen LogP contribution in [0.5, 0.6) is 0 Å². The van der Waals surface area contributed by atoms with Crippen molar-refractivity contribution < 1.29 is 0 Å². The van der Waals surface area contributed by atoms with Crippen LogP contribution in [-0.2, 0) is 0 Å². The molecule has 1 saturated heterocycles. The van der Waals surface area contributed by atoms with E-state index >= 15 is 0 Å². The Hall–Kier alpha value is -2.74. The van der Waals surface area contributed by atoms with Gasteiger partial charge in [-0.15, -0.1) is 0 Å². The molecule has 3 aromatic rings. The van der Waals surface area contributed by atoms with Gasteiger partial charge in [-0.05, 0) is 39.1 Å². The molecule has 3 heterocycles. The van der Waals surface area contributed by atoms with Crippen LogP contribution in [-0.4, -0.2) is 75.6 Å². The zero-order chi connectivity index (χ0) is 22.7. The van der Waals surface area contributed by atoms with Gasteiger partial charge in [0.2, 0.25) is 5.95 Å². The molecule has 0 spiro atoms. The summed E-state index contributed by atoms with van der Waals surface area (Å²) in [6.45, 7) is 10.3. The van der Waals surface area contributed by atoms with E-state index in [0.717, 1.165) is 55.1 Å². The van der Waals surface area contributed by atoms with Crippen molar-refractivity contribution in [3.8, 4) is 6.07 Å². The Bertz CT molecular complexity index is 1130. The number of rotatable bonds is 7. The highest BCUT2D eigenvalue weighted by Gasteiger charge is 2.17. The van der Waals surface area contributed by atoms with Gasteiger partial charge in [0.15, 0.2) is 17.0 Å². The van der Waals surface area contributed by atoms with Gasteiger partial charge in [-0.3, -0.25) is 4.90 Å². The molecule has 1 aliphatic heterocycles. The summed E-state index contributed by atoms with van der Waals surface area (Å²) in [5.41, 5.74) is 2.79. The minimum atomic E-state index is 0.219. The zero-order valence-electron chi connectivity index (χ0n) is 18.6. The molecule has 0 amide bonds. The Morgan fingerprint density at radius 3 is 2.66 bits per heavy atom. The number of nitrogens with one attached hydrogen (secondary N) is 2. The van der Waals surface area contributed by atoms with Crippen LogP contribution in [0.15, 0.2) is 29.0 Å². The molecule has 0 radical (unpaired) electrons. The first-order valence-electron chi connectivity index (χ1n) is 10.8. The molecule has 0 saturated carbocycles. The third-order valence-electron chi connectivity index (χ3n) is 5.57. The number of fused-ring (bicyclic) bond motifs is 1. The predicted molar refractivity (Wildman–Crippen MR) is 130 cm³/mol. The van der Waals surface area contributed by atoms with Crippen molar-refractivity contribution in [3.63, 3.8) is 0 Å². The monoisotopic (exact) mass is 497 g/mol. The molecule has 168 valence electrons. The molecule has 9 nitrogen and oxygen atoms in total. The van der Waals surface area contributed by atoms with Crippen LogP contribution in [0.1, 0.15) is 25.5 Å². The standard InChI is InChI=1S/C22H28BrN9/c1-15(2)32-14-26-19-20(27-18-11-16(13-24)10-17(23)12-18)28-22(29-21(19)32)25-4-5-31-8-6-30(3)7-9-31/h10-12,14-15H,4-9H2,1-3H3,(H2,25,27,28,29). The normalized spacial score (nSPS) is 15.2. The lowest BCUT2D eigenvalue weighted by molar-refractivity contribution is 0.158. The fraction of sp³-hybridized carbons (Fsp3) is 0.455. The van der Waals surface area contributed by atoms with Crippen LogP contribution in [0.3, 0.4) is 0 Å². The Labute approximate surface area is 196 Å². The van der Waals surface area contributed by atoms with E-state index in [9.17, 15) is 5.26 Å². The van der Waals surface area contributed by atoms with Crippen LogP contribution in [0.25, 0.3) is 11.2 Å². The maximum atomic E-state index is 9.30. The number of hydrogen-bond donors (Lipinski definition) is 2. The third kappa shape index (κ3) is 5.18. The van der Waals surface area contributed by atoms with Crippen molar-refractivity contribution in [2.75, 3.05) is 56.9 Å². The van der Waals surface area contributed by atoms with Gasteiger partial charge in [-0.25, -0.2) is 4.98 Å². The maximum Gasteiger partial charge on any atom is 0.226 e. The van der Waals surface area contributed by atoms with Gasteiger partial charge in [0.1, 0.15) is 0 Å².